The molecule has 0 radical (unpaired) electrons. The van der Waals surface area contributed by atoms with Crippen LogP contribution in [0.3, 0.4) is 0 Å². The number of benzene rings is 2. The van der Waals surface area contributed by atoms with Crippen LogP contribution in [0.5, 0.6) is 11.5 Å². The number of esters is 1. The van der Waals surface area contributed by atoms with Gasteiger partial charge in [0.2, 0.25) is 0 Å². The Hall–Kier alpha value is -3.38. The quantitative estimate of drug-likeness (QED) is 0.118. The van der Waals surface area contributed by atoms with Crippen molar-refractivity contribution >= 4 is 11.8 Å². The third kappa shape index (κ3) is 11.4. The number of Topliss-reactive ketones (excluding diaryl/α,β-unsaturated/α-hetero) is 1. The molecule has 6 nitrogen and oxygen atoms in total. The van der Waals surface area contributed by atoms with Crippen LogP contribution in [-0.4, -0.2) is 42.8 Å². The zero-order valence-electron chi connectivity index (χ0n) is 29.7. The summed E-state index contributed by atoms with van der Waals surface area (Å²) < 4.78 is 16.6. The van der Waals surface area contributed by atoms with E-state index < -0.39 is 12.1 Å². The van der Waals surface area contributed by atoms with E-state index in [1.54, 1.807) is 13.8 Å². The summed E-state index contributed by atoms with van der Waals surface area (Å²) in [4.78, 5) is 22.5. The minimum atomic E-state index is -0.896. The Balaban J connectivity index is 0.000000573. The van der Waals surface area contributed by atoms with Crippen LogP contribution in [0.4, 0.5) is 0 Å². The lowest BCUT2D eigenvalue weighted by Gasteiger charge is -2.43. The highest BCUT2D eigenvalue weighted by Crippen LogP contribution is 2.48. The molecule has 47 heavy (non-hydrogen) atoms. The first-order chi connectivity index (χ1) is 22.3. The van der Waals surface area contributed by atoms with Crippen LogP contribution in [-0.2, 0) is 19.7 Å². The molecule has 0 aliphatic heterocycles. The maximum Gasteiger partial charge on any atom is 0.333 e. The smallest absolute Gasteiger partial charge is 0.333 e. The third-order valence-corrected chi connectivity index (χ3v) is 9.98. The molecular weight excluding hydrogens is 588 g/mol. The van der Waals surface area contributed by atoms with E-state index in [0.717, 1.165) is 50.0 Å². The summed E-state index contributed by atoms with van der Waals surface area (Å²) in [7, 11) is 0. The molecule has 0 amide bonds. The largest absolute Gasteiger partial charge is 0.494 e. The molecule has 1 N–H and O–H groups in total. The predicted molar refractivity (Wildman–Crippen MR) is 190 cm³/mol. The maximum atomic E-state index is 11.5. The molecule has 4 unspecified atom stereocenters. The number of unbranched alkanes of at least 4 members (excludes halogenated alkanes) is 1. The molecule has 2 aliphatic carbocycles. The molecule has 0 heterocycles. The fourth-order valence-electron chi connectivity index (χ4n) is 6.36. The number of hydrogen-bond acceptors (Lipinski definition) is 6. The first kappa shape index (κ1) is 38.1. The van der Waals surface area contributed by atoms with E-state index in [1.807, 2.05) is 12.1 Å². The zero-order chi connectivity index (χ0) is 34.6. The first-order valence-electron chi connectivity index (χ1n) is 17.5. The van der Waals surface area contributed by atoms with Gasteiger partial charge in [-0.3, -0.25) is 4.79 Å². The van der Waals surface area contributed by atoms with Crippen molar-refractivity contribution in [2.75, 3.05) is 19.8 Å². The van der Waals surface area contributed by atoms with Crippen LogP contribution >= 0.6 is 0 Å². The van der Waals surface area contributed by atoms with Gasteiger partial charge < -0.3 is 19.3 Å². The molecule has 4 atom stereocenters. The molecule has 2 aliphatic rings. The molecular formula is C41H58O6. The van der Waals surface area contributed by atoms with E-state index in [9.17, 15) is 14.7 Å². The third-order valence-electron chi connectivity index (χ3n) is 9.98. The molecule has 0 spiro atoms. The van der Waals surface area contributed by atoms with Gasteiger partial charge in [0, 0.05) is 11.5 Å². The molecule has 2 aromatic carbocycles. The summed E-state index contributed by atoms with van der Waals surface area (Å²) in [5.74, 6) is 3.52. The minimum absolute atomic E-state index is 0.0242. The average Bonchev–Trinajstić information content (AvgIpc) is 3.03. The lowest BCUT2D eigenvalue weighted by Crippen LogP contribution is -2.34. The highest BCUT2D eigenvalue weighted by molar-refractivity contribution is 5.96. The van der Waals surface area contributed by atoms with Crippen LogP contribution in [0.25, 0.3) is 0 Å². The summed E-state index contributed by atoms with van der Waals surface area (Å²) in [6.07, 6.45) is 8.34. The van der Waals surface area contributed by atoms with Gasteiger partial charge in [-0.1, -0.05) is 78.0 Å². The molecule has 258 valence electrons. The van der Waals surface area contributed by atoms with Gasteiger partial charge in [0.05, 0.1) is 6.61 Å². The SMILES string of the molecule is C=C(C)C(=O)C1CCC1.C=C(C)C(=O)OCC(O)COc1ccc(C(C)(C)C2CCC(C)C(c3ccc(OCCCC)cc3)C2)cc1. The second-order valence-electron chi connectivity index (χ2n) is 14.2. The number of aliphatic hydroxyl groups excluding tert-OH is 1. The van der Waals surface area contributed by atoms with Gasteiger partial charge in [0.25, 0.3) is 0 Å². The molecule has 2 aromatic rings. The monoisotopic (exact) mass is 646 g/mol. The maximum absolute atomic E-state index is 11.5. The molecule has 2 saturated carbocycles. The van der Waals surface area contributed by atoms with Crippen LogP contribution in [0.15, 0.2) is 72.8 Å². The number of ether oxygens (including phenoxy) is 3. The van der Waals surface area contributed by atoms with Crippen LogP contribution in [0, 0.1) is 17.8 Å². The Morgan fingerprint density at radius 2 is 1.51 bits per heavy atom. The lowest BCUT2D eigenvalue weighted by molar-refractivity contribution is -0.142. The fourth-order valence-corrected chi connectivity index (χ4v) is 6.36. The Kier molecular flexibility index (Phi) is 14.8. The highest BCUT2D eigenvalue weighted by atomic mass is 16.5. The van der Waals surface area contributed by atoms with Crippen molar-refractivity contribution in [3.8, 4) is 11.5 Å². The van der Waals surface area contributed by atoms with Crippen molar-refractivity contribution in [1.29, 1.82) is 0 Å². The van der Waals surface area contributed by atoms with Crippen LogP contribution in [0.2, 0.25) is 0 Å². The van der Waals surface area contributed by atoms with Gasteiger partial charge in [-0.25, -0.2) is 4.79 Å². The number of hydrogen-bond donors (Lipinski definition) is 1. The molecule has 0 saturated heterocycles. The van der Waals surface area contributed by atoms with Crippen molar-refractivity contribution in [3.63, 3.8) is 0 Å². The Morgan fingerprint density at radius 1 is 0.894 bits per heavy atom. The number of ketones is 1. The van der Waals surface area contributed by atoms with Crippen molar-refractivity contribution in [2.45, 2.75) is 110 Å². The molecule has 0 aromatic heterocycles. The van der Waals surface area contributed by atoms with Gasteiger partial charge >= 0.3 is 5.97 Å². The first-order valence-corrected chi connectivity index (χ1v) is 17.5. The fraction of sp³-hybridized carbons (Fsp3) is 0.561. The van der Waals surface area contributed by atoms with Gasteiger partial charge in [-0.05, 0) is 117 Å². The van der Waals surface area contributed by atoms with Crippen LogP contribution < -0.4 is 9.47 Å². The van der Waals surface area contributed by atoms with Crippen molar-refractivity contribution < 1.29 is 28.9 Å². The number of rotatable bonds is 15. The summed E-state index contributed by atoms with van der Waals surface area (Å²) in [6.45, 7) is 20.5. The van der Waals surface area contributed by atoms with Gasteiger partial charge in [-0.15, -0.1) is 0 Å². The second-order valence-corrected chi connectivity index (χ2v) is 14.2. The summed E-state index contributed by atoms with van der Waals surface area (Å²) in [5, 5.41) is 10.1. The number of allylic oxidation sites excluding steroid dienone is 1. The van der Waals surface area contributed by atoms with E-state index in [0.29, 0.717) is 35.0 Å². The molecule has 2 fully saturated rings. The van der Waals surface area contributed by atoms with E-state index in [-0.39, 0.29) is 24.4 Å². The Labute approximate surface area is 283 Å². The minimum Gasteiger partial charge on any atom is -0.494 e. The van der Waals surface area contributed by atoms with E-state index in [4.69, 9.17) is 14.2 Å². The summed E-state index contributed by atoms with van der Waals surface area (Å²) >= 11 is 0. The van der Waals surface area contributed by atoms with Gasteiger partial charge in [0.1, 0.15) is 30.8 Å². The second kappa shape index (κ2) is 18.2. The highest BCUT2D eigenvalue weighted by Gasteiger charge is 2.38. The van der Waals surface area contributed by atoms with Gasteiger partial charge in [-0.2, -0.15) is 0 Å². The van der Waals surface area contributed by atoms with E-state index >= 15 is 0 Å². The Bertz CT molecular complexity index is 1300. The number of carbonyl (C=O) groups excluding carboxylic acids is 2. The van der Waals surface area contributed by atoms with E-state index in [2.05, 4.69) is 77.3 Å². The van der Waals surface area contributed by atoms with E-state index in [1.165, 1.54) is 30.4 Å². The topological polar surface area (TPSA) is 82.1 Å². The van der Waals surface area contributed by atoms with Crippen molar-refractivity contribution in [2.24, 2.45) is 17.8 Å². The standard InChI is InChI=1S/C33H46O5.C8H12O/c1-7-8-19-36-29-15-10-25(11-16-29)31-20-27(12-9-24(31)4)33(5,6)26-13-17-30(18-14-26)37-21-28(34)22-38-32(35)23(2)3;1-6(2)8(9)7-4-3-5-7/h10-11,13-18,24,27-28,31,34H,2,7-9,12,19-22H2,1,3-6H3;7H,1,3-5H2,2H3. The molecule has 4 rings (SSSR count). The van der Waals surface area contributed by atoms with Crippen LogP contribution in [0.1, 0.15) is 110 Å². The normalized spacial score (nSPS) is 20.1. The molecule has 6 heteroatoms. The number of carbonyl (C=O) groups is 2. The number of aliphatic hydroxyl groups is 1. The average molecular weight is 647 g/mol. The molecule has 0 bridgehead atoms. The Morgan fingerprint density at radius 3 is 2.04 bits per heavy atom. The predicted octanol–water partition coefficient (Wildman–Crippen LogP) is 9.15. The lowest BCUT2D eigenvalue weighted by atomic mass is 9.62. The summed E-state index contributed by atoms with van der Waals surface area (Å²) in [6, 6.07) is 17.0. The zero-order valence-corrected chi connectivity index (χ0v) is 29.7. The summed E-state index contributed by atoms with van der Waals surface area (Å²) in [5.41, 5.74) is 3.76. The van der Waals surface area contributed by atoms with Crippen molar-refractivity contribution in [3.05, 3.63) is 84.0 Å². The van der Waals surface area contributed by atoms with Gasteiger partial charge in [0.15, 0.2) is 5.78 Å². The van der Waals surface area contributed by atoms with Crippen molar-refractivity contribution in [1.82, 2.24) is 0 Å².